The Kier molecular flexibility index (Phi) is 5.59. The van der Waals surface area contributed by atoms with Crippen LogP contribution in [0.5, 0.6) is 0 Å². The molecule has 2 rings (SSSR count). The number of halogens is 2. The molecule has 0 radical (unpaired) electrons. The Morgan fingerprint density at radius 3 is 2.42 bits per heavy atom. The van der Waals surface area contributed by atoms with Crippen molar-refractivity contribution >= 4 is 43.2 Å². The second kappa shape index (κ2) is 6.99. The molecule has 0 aliphatic carbocycles. The van der Waals surface area contributed by atoms with Crippen molar-refractivity contribution < 1.29 is 0 Å². The minimum Gasteiger partial charge on any atom is -0.329 e. The van der Waals surface area contributed by atoms with Crippen molar-refractivity contribution in [2.24, 2.45) is 5.73 Å². The lowest BCUT2D eigenvalue weighted by Crippen LogP contribution is -2.29. The summed E-state index contributed by atoms with van der Waals surface area (Å²) in [6.07, 6.45) is 0. The molecule has 2 aromatic rings. The van der Waals surface area contributed by atoms with E-state index in [0.29, 0.717) is 6.54 Å². The molecular formula is C14H16Br2N2S. The van der Waals surface area contributed by atoms with Gasteiger partial charge in [0, 0.05) is 32.3 Å². The van der Waals surface area contributed by atoms with E-state index in [0.717, 1.165) is 15.5 Å². The van der Waals surface area contributed by atoms with Crippen molar-refractivity contribution in [1.82, 2.24) is 4.90 Å². The van der Waals surface area contributed by atoms with Crippen LogP contribution in [0.15, 0.2) is 44.7 Å². The van der Waals surface area contributed by atoms with Gasteiger partial charge in [0.15, 0.2) is 0 Å². The number of benzene rings is 1. The van der Waals surface area contributed by atoms with Crippen molar-refractivity contribution in [3.8, 4) is 0 Å². The first-order valence-corrected chi connectivity index (χ1v) is 8.45. The fraction of sp³-hybridized carbons (Fsp3) is 0.286. The summed E-state index contributed by atoms with van der Waals surface area (Å²) in [6.45, 7) is 1.52. The molecule has 0 saturated heterocycles. The van der Waals surface area contributed by atoms with Gasteiger partial charge in [-0.2, -0.15) is 0 Å². The van der Waals surface area contributed by atoms with Gasteiger partial charge in [-0.3, -0.25) is 4.90 Å². The molecule has 1 aromatic heterocycles. The number of hydrogen-bond donors (Lipinski definition) is 1. The van der Waals surface area contributed by atoms with E-state index >= 15 is 0 Å². The van der Waals surface area contributed by atoms with Crippen LogP contribution in [-0.4, -0.2) is 18.5 Å². The summed E-state index contributed by atoms with van der Waals surface area (Å²) < 4.78 is 2.24. The molecule has 1 heterocycles. The van der Waals surface area contributed by atoms with Crippen LogP contribution < -0.4 is 5.73 Å². The lowest BCUT2D eigenvalue weighted by atomic mass is 10.1. The van der Waals surface area contributed by atoms with Gasteiger partial charge in [0.25, 0.3) is 0 Å². The zero-order chi connectivity index (χ0) is 13.8. The van der Waals surface area contributed by atoms with Crippen LogP contribution in [0.3, 0.4) is 0 Å². The monoisotopic (exact) mass is 402 g/mol. The summed E-state index contributed by atoms with van der Waals surface area (Å²) in [5.41, 5.74) is 7.23. The Hall–Kier alpha value is -0.200. The van der Waals surface area contributed by atoms with E-state index in [4.69, 9.17) is 5.73 Å². The van der Waals surface area contributed by atoms with E-state index in [9.17, 15) is 0 Å². The zero-order valence-electron chi connectivity index (χ0n) is 10.6. The topological polar surface area (TPSA) is 29.3 Å². The Bertz CT molecular complexity index is 524. The highest BCUT2D eigenvalue weighted by Crippen LogP contribution is 2.29. The molecule has 1 atom stereocenters. The maximum absolute atomic E-state index is 5.93. The average molecular weight is 404 g/mol. The highest BCUT2D eigenvalue weighted by molar-refractivity contribution is 9.10. The number of thiophene rings is 1. The van der Waals surface area contributed by atoms with Gasteiger partial charge in [-0.25, -0.2) is 0 Å². The number of nitrogens with two attached hydrogens (primary N) is 1. The van der Waals surface area contributed by atoms with Crippen molar-refractivity contribution in [1.29, 1.82) is 0 Å². The predicted molar refractivity (Wildman–Crippen MR) is 89.4 cm³/mol. The molecule has 0 amide bonds. The van der Waals surface area contributed by atoms with E-state index in [-0.39, 0.29) is 6.04 Å². The summed E-state index contributed by atoms with van der Waals surface area (Å²) in [5.74, 6) is 0. The SMILES string of the molecule is CN(Cc1ccc(Br)cc1)C(CN)c1cc(Br)cs1. The number of rotatable bonds is 5. The molecule has 19 heavy (non-hydrogen) atoms. The summed E-state index contributed by atoms with van der Waals surface area (Å²) in [5, 5.41) is 2.10. The molecule has 0 fully saturated rings. The Morgan fingerprint density at radius 1 is 1.21 bits per heavy atom. The van der Waals surface area contributed by atoms with E-state index in [1.54, 1.807) is 11.3 Å². The van der Waals surface area contributed by atoms with Crippen LogP contribution in [0, 0.1) is 0 Å². The second-order valence-electron chi connectivity index (χ2n) is 4.46. The average Bonchev–Trinajstić information content (AvgIpc) is 2.80. The fourth-order valence-electron chi connectivity index (χ4n) is 2.00. The standard InChI is InChI=1S/C14H16Br2N2S/c1-18(8-10-2-4-11(15)5-3-10)13(7-17)14-6-12(16)9-19-14/h2-6,9,13H,7-8,17H2,1H3. The van der Waals surface area contributed by atoms with Gasteiger partial charge in [0.1, 0.15) is 0 Å². The third kappa shape index (κ3) is 4.13. The molecule has 0 bridgehead atoms. The molecule has 1 aromatic carbocycles. The van der Waals surface area contributed by atoms with Crippen LogP contribution in [-0.2, 0) is 6.54 Å². The molecule has 5 heteroatoms. The Balaban J connectivity index is 2.08. The summed E-state index contributed by atoms with van der Waals surface area (Å²) in [6, 6.07) is 10.8. The van der Waals surface area contributed by atoms with E-state index in [1.807, 2.05) is 0 Å². The quantitative estimate of drug-likeness (QED) is 0.801. The van der Waals surface area contributed by atoms with Gasteiger partial charge in [0.05, 0.1) is 6.04 Å². The number of nitrogens with zero attached hydrogens (tertiary/aromatic N) is 1. The van der Waals surface area contributed by atoms with Crippen molar-refractivity contribution in [3.05, 3.63) is 55.1 Å². The van der Waals surface area contributed by atoms with Crippen LogP contribution in [0.25, 0.3) is 0 Å². The lowest BCUT2D eigenvalue weighted by molar-refractivity contribution is 0.245. The fourth-order valence-corrected chi connectivity index (χ4v) is 3.89. The van der Waals surface area contributed by atoms with Gasteiger partial charge >= 0.3 is 0 Å². The molecule has 0 aliphatic heterocycles. The molecular weight excluding hydrogens is 388 g/mol. The minimum atomic E-state index is 0.264. The first-order valence-electron chi connectivity index (χ1n) is 5.99. The summed E-state index contributed by atoms with van der Waals surface area (Å²) in [4.78, 5) is 3.59. The van der Waals surface area contributed by atoms with Gasteiger partial charge in [-0.15, -0.1) is 11.3 Å². The highest BCUT2D eigenvalue weighted by Gasteiger charge is 2.17. The van der Waals surface area contributed by atoms with Crippen LogP contribution in [0.4, 0.5) is 0 Å². The molecule has 0 saturated carbocycles. The zero-order valence-corrected chi connectivity index (χ0v) is 14.6. The molecule has 2 N–H and O–H groups in total. The van der Waals surface area contributed by atoms with Gasteiger partial charge in [-0.05, 0) is 46.7 Å². The van der Waals surface area contributed by atoms with Gasteiger partial charge < -0.3 is 5.73 Å². The molecule has 2 nitrogen and oxygen atoms in total. The minimum absolute atomic E-state index is 0.264. The van der Waals surface area contributed by atoms with Gasteiger partial charge in [-0.1, -0.05) is 28.1 Å². The second-order valence-corrected chi connectivity index (χ2v) is 7.23. The summed E-state index contributed by atoms with van der Waals surface area (Å²) in [7, 11) is 2.12. The maximum atomic E-state index is 5.93. The number of hydrogen-bond acceptors (Lipinski definition) is 3. The van der Waals surface area contributed by atoms with Gasteiger partial charge in [0.2, 0.25) is 0 Å². The smallest absolute Gasteiger partial charge is 0.0565 e. The number of likely N-dealkylation sites (N-methyl/N-ethyl adjacent to an activating group) is 1. The molecule has 1 unspecified atom stereocenters. The predicted octanol–water partition coefficient (Wildman–Crippen LogP) is 4.40. The first-order chi connectivity index (χ1) is 9.10. The van der Waals surface area contributed by atoms with E-state index in [1.165, 1.54) is 10.4 Å². The highest BCUT2D eigenvalue weighted by atomic mass is 79.9. The maximum Gasteiger partial charge on any atom is 0.0565 e. The lowest BCUT2D eigenvalue weighted by Gasteiger charge is -2.26. The first kappa shape index (κ1) is 15.2. The Morgan fingerprint density at radius 2 is 1.89 bits per heavy atom. The molecule has 0 aliphatic rings. The van der Waals surface area contributed by atoms with Crippen molar-refractivity contribution in [2.75, 3.05) is 13.6 Å². The summed E-state index contributed by atoms with van der Waals surface area (Å²) >= 11 is 8.70. The molecule has 102 valence electrons. The third-order valence-corrected chi connectivity index (χ3v) is 5.34. The van der Waals surface area contributed by atoms with E-state index in [2.05, 4.69) is 79.5 Å². The van der Waals surface area contributed by atoms with Crippen LogP contribution in [0.1, 0.15) is 16.5 Å². The Labute approximate surface area is 134 Å². The van der Waals surface area contributed by atoms with Crippen LogP contribution in [0.2, 0.25) is 0 Å². The van der Waals surface area contributed by atoms with E-state index < -0.39 is 0 Å². The van der Waals surface area contributed by atoms with Crippen molar-refractivity contribution in [3.63, 3.8) is 0 Å². The molecule has 0 spiro atoms. The largest absolute Gasteiger partial charge is 0.329 e. The van der Waals surface area contributed by atoms with Crippen LogP contribution >= 0.6 is 43.2 Å². The van der Waals surface area contributed by atoms with Crippen molar-refractivity contribution in [2.45, 2.75) is 12.6 Å². The normalized spacial score (nSPS) is 12.9. The third-order valence-electron chi connectivity index (χ3n) is 3.02.